The minimum absolute atomic E-state index is 0.207. The molecule has 0 radical (unpaired) electrons. The number of carbonyl (C=O) groups excluding carboxylic acids is 2. The molecule has 202 valence electrons. The highest BCUT2D eigenvalue weighted by Gasteiger charge is 2.42. The summed E-state index contributed by atoms with van der Waals surface area (Å²) in [6.07, 6.45) is 10.6. The van der Waals surface area contributed by atoms with Gasteiger partial charge < -0.3 is 20.5 Å². The van der Waals surface area contributed by atoms with Gasteiger partial charge in [0.2, 0.25) is 0 Å². The number of piperidine rings is 1. The summed E-state index contributed by atoms with van der Waals surface area (Å²) in [5, 5.41) is 16.2. The Kier molecular flexibility index (Phi) is 7.87. The topological polar surface area (TPSA) is 126 Å². The second kappa shape index (κ2) is 11.5. The quantitative estimate of drug-likeness (QED) is 0.329. The van der Waals surface area contributed by atoms with Crippen molar-refractivity contribution < 1.29 is 14.4 Å². The van der Waals surface area contributed by atoms with Crippen molar-refractivity contribution >= 4 is 28.3 Å². The number of nitrogens with one attached hydrogen (secondary N) is 3. The molecule has 1 fully saturated rings. The molecule has 3 N–H and O–H groups in total. The third-order valence-corrected chi connectivity index (χ3v) is 7.62. The van der Waals surface area contributed by atoms with Crippen LogP contribution in [-0.2, 0) is 21.5 Å². The van der Waals surface area contributed by atoms with Crippen molar-refractivity contribution in [3.63, 3.8) is 0 Å². The molecule has 1 aromatic carbocycles. The minimum atomic E-state index is -0.359. The van der Waals surface area contributed by atoms with E-state index in [2.05, 4.69) is 36.9 Å². The van der Waals surface area contributed by atoms with Crippen molar-refractivity contribution in [3.05, 3.63) is 36.4 Å². The minimum Gasteiger partial charge on any atom is -0.388 e. The number of H-pyrrole nitrogens is 1. The molecule has 0 saturated carbocycles. The van der Waals surface area contributed by atoms with Crippen LogP contribution in [0, 0.1) is 0 Å². The van der Waals surface area contributed by atoms with Crippen LogP contribution in [0.2, 0.25) is 0 Å². The number of imidazole rings is 1. The first-order valence-corrected chi connectivity index (χ1v) is 13.7. The highest BCUT2D eigenvalue weighted by molar-refractivity contribution is 6.39. The Morgan fingerprint density at radius 2 is 2.05 bits per heavy atom. The fourth-order valence-electron chi connectivity index (χ4n) is 5.31. The van der Waals surface area contributed by atoms with E-state index in [0.717, 1.165) is 67.4 Å². The zero-order valence-corrected chi connectivity index (χ0v) is 22.3. The van der Waals surface area contributed by atoms with Crippen molar-refractivity contribution in [1.82, 2.24) is 30.4 Å². The molecular weight excluding hydrogens is 482 g/mol. The van der Waals surface area contributed by atoms with E-state index in [-0.39, 0.29) is 17.6 Å². The molecule has 1 saturated heterocycles. The maximum atomic E-state index is 13.3. The molecule has 0 bridgehead atoms. The highest BCUT2D eigenvalue weighted by Crippen LogP contribution is 2.33. The molecule has 38 heavy (non-hydrogen) atoms. The number of carbonyl (C=O) groups is 2. The zero-order valence-electron chi connectivity index (χ0n) is 22.3. The lowest BCUT2D eigenvalue weighted by molar-refractivity contribution is -0.119. The maximum absolute atomic E-state index is 13.3. The van der Waals surface area contributed by atoms with Gasteiger partial charge in [-0.3, -0.25) is 14.3 Å². The molecule has 2 aromatic heterocycles. The van der Waals surface area contributed by atoms with Crippen molar-refractivity contribution in [3.8, 4) is 11.3 Å². The fraction of sp³-hybridized carbons (Fsp3) is 0.536. The summed E-state index contributed by atoms with van der Waals surface area (Å²) in [4.78, 5) is 38.8. The molecule has 10 heteroatoms. The number of aryl methyl sites for hydroxylation is 1. The van der Waals surface area contributed by atoms with Crippen LogP contribution in [0.4, 0.5) is 0 Å². The van der Waals surface area contributed by atoms with Gasteiger partial charge >= 0.3 is 0 Å². The number of ketones is 1. The Morgan fingerprint density at radius 3 is 2.87 bits per heavy atom. The van der Waals surface area contributed by atoms with Gasteiger partial charge in [0.1, 0.15) is 22.9 Å². The number of unbranched alkanes of at least 4 members (excludes halogenated alkanes) is 2. The van der Waals surface area contributed by atoms with Gasteiger partial charge in [0.25, 0.3) is 5.91 Å². The lowest BCUT2D eigenvalue weighted by Crippen LogP contribution is -2.43. The van der Waals surface area contributed by atoms with Crippen LogP contribution in [0.1, 0.15) is 76.6 Å². The second-order valence-electron chi connectivity index (χ2n) is 10.5. The molecular formula is C28H37N7O3. The Balaban J connectivity index is 1.28. The molecule has 5 rings (SSSR count). The lowest BCUT2D eigenvalue weighted by atomic mass is 9.87. The van der Waals surface area contributed by atoms with Gasteiger partial charge in [-0.1, -0.05) is 31.0 Å². The number of hydrogen-bond donors (Lipinski definition) is 3. The molecule has 1 atom stereocenters. The molecule has 4 heterocycles. The normalized spacial score (nSPS) is 17.4. The molecule has 2 aliphatic rings. The standard InChI is InChI=1S/C28H37N7O3/c1-3-21(36)7-5-4-6-8-23(32-27(37)24-16-28(38-34-24)11-13-29-14-12-28)26-30-17-25(31-26)19-9-10-22-20(15-19)18-35(2)33-22/h9-10,15,17-18,23,29H,3-8,11-14,16H2,1-2H3,(H,30,31)(H,32,37)/t23-/m0/s1. The second-order valence-corrected chi connectivity index (χ2v) is 10.5. The number of amides is 1. The van der Waals surface area contributed by atoms with Crippen LogP contribution < -0.4 is 10.6 Å². The first-order valence-electron chi connectivity index (χ1n) is 13.7. The van der Waals surface area contributed by atoms with Crippen LogP contribution in [0.3, 0.4) is 0 Å². The first kappa shape index (κ1) is 26.1. The molecule has 1 amide bonds. The average molecular weight is 520 g/mol. The van der Waals surface area contributed by atoms with Crippen LogP contribution in [0.15, 0.2) is 35.7 Å². The summed E-state index contributed by atoms with van der Waals surface area (Å²) in [6.45, 7) is 3.64. The van der Waals surface area contributed by atoms with Gasteiger partial charge in [-0.25, -0.2) is 4.98 Å². The van der Waals surface area contributed by atoms with Gasteiger partial charge in [0.15, 0.2) is 0 Å². The lowest BCUT2D eigenvalue weighted by Gasteiger charge is -2.30. The smallest absolute Gasteiger partial charge is 0.269 e. The number of rotatable bonds is 11. The molecule has 0 unspecified atom stereocenters. The van der Waals surface area contributed by atoms with Gasteiger partial charge in [-0.2, -0.15) is 5.10 Å². The van der Waals surface area contributed by atoms with Crippen molar-refractivity contribution in [2.75, 3.05) is 13.1 Å². The van der Waals surface area contributed by atoms with E-state index in [1.807, 2.05) is 38.5 Å². The summed E-state index contributed by atoms with van der Waals surface area (Å²) in [6, 6.07) is 5.80. The Bertz CT molecular complexity index is 1320. The van der Waals surface area contributed by atoms with Gasteiger partial charge in [-0.05, 0) is 38.1 Å². The number of oxime groups is 1. The highest BCUT2D eigenvalue weighted by atomic mass is 16.7. The van der Waals surface area contributed by atoms with Gasteiger partial charge in [0.05, 0.1) is 23.4 Å². The zero-order chi connectivity index (χ0) is 26.5. The molecule has 3 aromatic rings. The van der Waals surface area contributed by atoms with E-state index < -0.39 is 0 Å². The van der Waals surface area contributed by atoms with E-state index in [4.69, 9.17) is 4.84 Å². The summed E-state index contributed by atoms with van der Waals surface area (Å²) < 4.78 is 1.80. The number of benzene rings is 1. The molecule has 0 aliphatic carbocycles. The number of fused-ring (bicyclic) bond motifs is 1. The fourth-order valence-corrected chi connectivity index (χ4v) is 5.31. The number of nitrogens with zero attached hydrogens (tertiary/aromatic N) is 4. The van der Waals surface area contributed by atoms with E-state index in [1.54, 1.807) is 4.68 Å². The third-order valence-electron chi connectivity index (χ3n) is 7.62. The largest absolute Gasteiger partial charge is 0.388 e. The third kappa shape index (κ3) is 5.96. The summed E-state index contributed by atoms with van der Waals surface area (Å²) in [5.41, 5.74) is 2.91. The monoisotopic (exact) mass is 519 g/mol. The first-order chi connectivity index (χ1) is 18.4. The summed E-state index contributed by atoms with van der Waals surface area (Å²) >= 11 is 0. The number of aromatic nitrogens is 4. The van der Waals surface area contributed by atoms with Gasteiger partial charge in [-0.15, -0.1) is 0 Å². The Labute approximate surface area is 222 Å². The van der Waals surface area contributed by atoms with Crippen molar-refractivity contribution in [1.29, 1.82) is 0 Å². The van der Waals surface area contributed by atoms with Crippen molar-refractivity contribution in [2.24, 2.45) is 12.2 Å². The summed E-state index contributed by atoms with van der Waals surface area (Å²) in [7, 11) is 1.91. The molecule has 2 aliphatic heterocycles. The SMILES string of the molecule is CCC(=O)CCCCC[C@H](NC(=O)C1=NOC2(CCNCC2)C1)c1ncc(-c2ccc3nn(C)cc3c2)[nH]1. The number of aromatic amines is 1. The predicted molar refractivity (Wildman–Crippen MR) is 146 cm³/mol. The van der Waals surface area contributed by atoms with E-state index >= 15 is 0 Å². The maximum Gasteiger partial charge on any atom is 0.269 e. The van der Waals surface area contributed by atoms with E-state index in [9.17, 15) is 9.59 Å². The Morgan fingerprint density at radius 1 is 1.21 bits per heavy atom. The average Bonchev–Trinajstić information content (AvgIpc) is 3.66. The molecule has 1 spiro atoms. The number of hydrogen-bond acceptors (Lipinski definition) is 7. The van der Waals surface area contributed by atoms with Crippen LogP contribution in [0.25, 0.3) is 22.2 Å². The van der Waals surface area contributed by atoms with Gasteiger partial charge in [0, 0.05) is 56.3 Å². The van der Waals surface area contributed by atoms with Crippen LogP contribution in [0.5, 0.6) is 0 Å². The number of Topliss-reactive ketones (excluding diaryl/α,β-unsaturated/α-hetero) is 1. The van der Waals surface area contributed by atoms with Crippen molar-refractivity contribution in [2.45, 2.75) is 76.4 Å². The molecule has 10 nitrogen and oxygen atoms in total. The predicted octanol–water partition coefficient (Wildman–Crippen LogP) is 3.95. The van der Waals surface area contributed by atoms with Crippen LogP contribution >= 0.6 is 0 Å². The summed E-state index contributed by atoms with van der Waals surface area (Å²) in [5.74, 6) is 0.795. The van der Waals surface area contributed by atoms with E-state index in [0.29, 0.717) is 43.0 Å². The van der Waals surface area contributed by atoms with E-state index in [1.165, 1.54) is 0 Å². The van der Waals surface area contributed by atoms with Crippen LogP contribution in [-0.4, -0.2) is 55.8 Å². The Hall–Kier alpha value is -3.53.